The molecule has 1 aliphatic carbocycles. The maximum Gasteiger partial charge on any atom is 0.191 e. The van der Waals surface area contributed by atoms with Crippen LogP contribution in [0.4, 0.5) is 0 Å². The van der Waals surface area contributed by atoms with Gasteiger partial charge in [0, 0.05) is 44.2 Å². The Morgan fingerprint density at radius 2 is 2.22 bits per heavy atom. The Labute approximate surface area is 179 Å². The van der Waals surface area contributed by atoms with E-state index in [1.807, 2.05) is 12.1 Å². The van der Waals surface area contributed by atoms with Gasteiger partial charge in [0.1, 0.15) is 5.76 Å². The van der Waals surface area contributed by atoms with Crippen LogP contribution in [0.3, 0.4) is 0 Å². The molecule has 1 saturated carbocycles. The minimum Gasteiger partial charge on any atom is -0.469 e. The lowest BCUT2D eigenvalue weighted by molar-refractivity contribution is 0.117. The van der Waals surface area contributed by atoms with Crippen molar-refractivity contribution in [3.05, 3.63) is 24.2 Å². The van der Waals surface area contributed by atoms with Crippen LogP contribution in [0.1, 0.15) is 44.8 Å². The van der Waals surface area contributed by atoms with Gasteiger partial charge in [-0.05, 0) is 51.2 Å². The highest BCUT2D eigenvalue weighted by molar-refractivity contribution is 14.0. The number of halogens is 1. The van der Waals surface area contributed by atoms with Crippen molar-refractivity contribution in [2.45, 2.75) is 69.7 Å². The molecule has 3 aliphatic rings. The predicted octanol–water partition coefficient (Wildman–Crippen LogP) is 2.78. The molecule has 3 heterocycles. The summed E-state index contributed by atoms with van der Waals surface area (Å²) < 4.78 is 11.1. The summed E-state index contributed by atoms with van der Waals surface area (Å²) in [6, 6.07) is 5.93. The van der Waals surface area contributed by atoms with Crippen molar-refractivity contribution in [2.24, 2.45) is 4.99 Å². The van der Waals surface area contributed by atoms with Gasteiger partial charge in [-0.2, -0.15) is 0 Å². The van der Waals surface area contributed by atoms with Gasteiger partial charge in [0.15, 0.2) is 5.96 Å². The van der Waals surface area contributed by atoms with Crippen molar-refractivity contribution < 1.29 is 9.15 Å². The first-order valence-corrected chi connectivity index (χ1v) is 10.2. The summed E-state index contributed by atoms with van der Waals surface area (Å²) >= 11 is 0. The Morgan fingerprint density at radius 1 is 1.33 bits per heavy atom. The monoisotopic (exact) mass is 488 g/mol. The second-order valence-corrected chi connectivity index (χ2v) is 7.93. The average molecular weight is 488 g/mol. The molecule has 27 heavy (non-hydrogen) atoms. The van der Waals surface area contributed by atoms with E-state index in [2.05, 4.69) is 22.5 Å². The molecule has 1 aromatic rings. The highest BCUT2D eigenvalue weighted by Crippen LogP contribution is 2.33. The number of likely N-dealkylation sites (tertiary alicyclic amines) is 1. The van der Waals surface area contributed by atoms with E-state index in [0.29, 0.717) is 12.1 Å². The second kappa shape index (κ2) is 10.1. The first-order chi connectivity index (χ1) is 12.8. The number of hydrogen-bond donors (Lipinski definition) is 2. The molecule has 0 aromatic carbocycles. The van der Waals surface area contributed by atoms with E-state index in [-0.39, 0.29) is 30.1 Å². The Morgan fingerprint density at radius 3 is 2.93 bits per heavy atom. The normalized spacial score (nSPS) is 28.9. The van der Waals surface area contributed by atoms with Crippen LogP contribution in [-0.4, -0.2) is 61.3 Å². The summed E-state index contributed by atoms with van der Waals surface area (Å²) in [6.45, 7) is 5.92. The third-order valence-corrected chi connectivity index (χ3v) is 5.70. The summed E-state index contributed by atoms with van der Waals surface area (Å²) in [7, 11) is 0. The van der Waals surface area contributed by atoms with E-state index >= 15 is 0 Å². The minimum absolute atomic E-state index is 0. The van der Waals surface area contributed by atoms with Crippen LogP contribution in [0.2, 0.25) is 0 Å². The molecule has 3 unspecified atom stereocenters. The van der Waals surface area contributed by atoms with Crippen LogP contribution in [0, 0.1) is 0 Å². The van der Waals surface area contributed by atoms with E-state index in [1.54, 1.807) is 6.26 Å². The predicted molar refractivity (Wildman–Crippen MR) is 118 cm³/mol. The summed E-state index contributed by atoms with van der Waals surface area (Å²) in [5.41, 5.74) is 0. The van der Waals surface area contributed by atoms with Crippen molar-refractivity contribution in [1.82, 2.24) is 15.5 Å². The molecule has 7 heteroatoms. The quantitative estimate of drug-likeness (QED) is 0.351. The number of ether oxygens (including phenoxy) is 1. The fraction of sp³-hybridized carbons (Fsp3) is 0.750. The fourth-order valence-electron chi connectivity index (χ4n) is 4.16. The summed E-state index contributed by atoms with van der Waals surface area (Å²) in [5.74, 6) is 1.92. The van der Waals surface area contributed by atoms with Gasteiger partial charge in [-0.15, -0.1) is 24.0 Å². The molecule has 0 radical (unpaired) electrons. The molecule has 2 N–H and O–H groups in total. The maximum absolute atomic E-state index is 5.72. The molecular formula is C20H33IN4O2. The van der Waals surface area contributed by atoms with Crippen molar-refractivity contribution >= 4 is 29.9 Å². The van der Waals surface area contributed by atoms with Crippen LogP contribution in [0.5, 0.6) is 0 Å². The first-order valence-electron chi connectivity index (χ1n) is 10.2. The molecule has 2 aliphatic heterocycles. The van der Waals surface area contributed by atoms with E-state index in [0.717, 1.165) is 63.3 Å². The maximum atomic E-state index is 5.72. The second-order valence-electron chi connectivity index (χ2n) is 7.93. The molecular weight excluding hydrogens is 455 g/mol. The summed E-state index contributed by atoms with van der Waals surface area (Å²) in [5, 5.41) is 7.16. The molecule has 2 saturated heterocycles. The zero-order chi connectivity index (χ0) is 17.8. The summed E-state index contributed by atoms with van der Waals surface area (Å²) in [6.07, 6.45) is 9.09. The third kappa shape index (κ3) is 6.09. The van der Waals surface area contributed by atoms with Gasteiger partial charge >= 0.3 is 0 Å². The molecule has 6 nitrogen and oxygen atoms in total. The number of guanidine groups is 1. The van der Waals surface area contributed by atoms with E-state index in [1.165, 1.54) is 19.3 Å². The van der Waals surface area contributed by atoms with E-state index in [4.69, 9.17) is 14.1 Å². The molecule has 0 spiro atoms. The average Bonchev–Trinajstić information content (AvgIpc) is 3.04. The van der Waals surface area contributed by atoms with Crippen LogP contribution in [0.25, 0.3) is 0 Å². The lowest BCUT2D eigenvalue weighted by Gasteiger charge is -2.20. The van der Waals surface area contributed by atoms with Gasteiger partial charge in [-0.1, -0.05) is 0 Å². The van der Waals surface area contributed by atoms with Crippen LogP contribution in [-0.2, 0) is 11.2 Å². The molecule has 0 bridgehead atoms. The third-order valence-electron chi connectivity index (χ3n) is 5.70. The Bertz CT molecular complexity index is 585. The fourth-order valence-corrected chi connectivity index (χ4v) is 4.16. The van der Waals surface area contributed by atoms with Crippen molar-refractivity contribution in [2.75, 3.05) is 26.2 Å². The lowest BCUT2D eigenvalue weighted by atomic mass is 10.2. The standard InChI is InChI=1S/C20H32N4O2.HI/c1-15-12-16(14-24(15)17-6-7-17)23-20(22-13-19-5-3-11-26-19)21-9-8-18-4-2-10-25-18;/h2,4,10,15-17,19H,3,5-9,11-14H2,1H3,(H2,21,22,23);1H. The van der Waals surface area contributed by atoms with Gasteiger partial charge in [-0.3, -0.25) is 9.89 Å². The Kier molecular flexibility index (Phi) is 7.84. The zero-order valence-electron chi connectivity index (χ0n) is 16.2. The first kappa shape index (κ1) is 20.9. The van der Waals surface area contributed by atoms with Crippen molar-refractivity contribution in [3.8, 4) is 0 Å². The molecule has 3 fully saturated rings. The molecule has 4 rings (SSSR count). The lowest BCUT2D eigenvalue weighted by Crippen LogP contribution is -2.45. The molecule has 3 atom stereocenters. The van der Waals surface area contributed by atoms with Crippen LogP contribution >= 0.6 is 24.0 Å². The van der Waals surface area contributed by atoms with Crippen LogP contribution in [0.15, 0.2) is 27.8 Å². The van der Waals surface area contributed by atoms with Crippen molar-refractivity contribution in [3.63, 3.8) is 0 Å². The van der Waals surface area contributed by atoms with Gasteiger partial charge in [0.2, 0.25) is 0 Å². The largest absolute Gasteiger partial charge is 0.469 e. The number of rotatable bonds is 7. The molecule has 0 amide bonds. The van der Waals surface area contributed by atoms with Crippen LogP contribution < -0.4 is 10.6 Å². The smallest absolute Gasteiger partial charge is 0.191 e. The number of nitrogens with zero attached hydrogens (tertiary/aromatic N) is 2. The molecule has 1 aromatic heterocycles. The minimum atomic E-state index is 0. The van der Waals surface area contributed by atoms with Gasteiger partial charge in [-0.25, -0.2) is 0 Å². The van der Waals surface area contributed by atoms with Gasteiger partial charge in [0.05, 0.1) is 18.9 Å². The number of hydrogen-bond acceptors (Lipinski definition) is 4. The van der Waals surface area contributed by atoms with Crippen molar-refractivity contribution in [1.29, 1.82) is 0 Å². The zero-order valence-corrected chi connectivity index (χ0v) is 18.6. The van der Waals surface area contributed by atoms with Gasteiger partial charge in [0.25, 0.3) is 0 Å². The molecule has 152 valence electrons. The highest BCUT2D eigenvalue weighted by Gasteiger charge is 2.38. The Balaban J connectivity index is 0.00000210. The highest BCUT2D eigenvalue weighted by atomic mass is 127. The Hall–Kier alpha value is -0.800. The topological polar surface area (TPSA) is 62.0 Å². The van der Waals surface area contributed by atoms with E-state index < -0.39 is 0 Å². The van der Waals surface area contributed by atoms with Gasteiger partial charge < -0.3 is 19.8 Å². The number of furan rings is 1. The SMILES string of the molecule is CC1CC(NC(=NCC2CCCO2)NCCc2ccco2)CN1C1CC1.I. The summed E-state index contributed by atoms with van der Waals surface area (Å²) in [4.78, 5) is 7.48. The number of aliphatic imine (C=N–C) groups is 1. The number of nitrogens with one attached hydrogen (secondary N) is 2. The van der Waals surface area contributed by atoms with E-state index in [9.17, 15) is 0 Å².